The number of nitrogens with zero attached hydrogens (tertiary/aromatic N) is 1. The smallest absolute Gasteiger partial charge is 0.396 e. The summed E-state index contributed by atoms with van der Waals surface area (Å²) in [7, 11) is 1.91. The Bertz CT molecular complexity index is 625. The Morgan fingerprint density at radius 2 is 1.04 bits per heavy atom. The zero-order valence-electron chi connectivity index (χ0n) is 31.8. The Morgan fingerprint density at radius 3 is 1.55 bits per heavy atom. The first-order chi connectivity index (χ1) is 22.9. The molecular weight excluding hydrogens is 614 g/mol. The maximum atomic E-state index is 9.21. The SMILES string of the molecule is CCCCCCCCCCCCCCCCCC[N+](C)(C)CCC[Si](OCC)(OCC)OCCOCCOC(CCO)COCCO. The van der Waals surface area contributed by atoms with Gasteiger partial charge in [0, 0.05) is 32.3 Å². The van der Waals surface area contributed by atoms with Crippen molar-refractivity contribution >= 4 is 8.80 Å². The number of hydrogen-bond donors (Lipinski definition) is 2. The molecule has 0 fully saturated rings. The predicted molar refractivity (Wildman–Crippen MR) is 196 cm³/mol. The number of aliphatic hydroxyl groups excluding tert-OH is 2. The van der Waals surface area contributed by atoms with Crippen molar-refractivity contribution < 1.29 is 42.2 Å². The van der Waals surface area contributed by atoms with Crippen molar-refractivity contribution in [2.75, 3.05) is 93.3 Å². The lowest BCUT2D eigenvalue weighted by molar-refractivity contribution is -0.890. The molecule has 9 nitrogen and oxygen atoms in total. The van der Waals surface area contributed by atoms with Crippen LogP contribution in [-0.4, -0.2) is 123 Å². The Hall–Kier alpha value is -0.143. The van der Waals surface area contributed by atoms with Crippen molar-refractivity contribution in [3.05, 3.63) is 0 Å². The highest BCUT2D eigenvalue weighted by Gasteiger charge is 2.40. The summed E-state index contributed by atoms with van der Waals surface area (Å²) in [5.41, 5.74) is 0. The first-order valence-electron chi connectivity index (χ1n) is 19.6. The van der Waals surface area contributed by atoms with E-state index in [1.54, 1.807) is 0 Å². The third-order valence-electron chi connectivity index (χ3n) is 8.71. The largest absolute Gasteiger partial charge is 0.501 e. The van der Waals surface area contributed by atoms with Crippen LogP contribution in [0.2, 0.25) is 6.04 Å². The number of unbranched alkanes of at least 4 members (excludes halogenated alkanes) is 15. The van der Waals surface area contributed by atoms with Gasteiger partial charge in [-0.25, -0.2) is 0 Å². The normalized spacial score (nSPS) is 13.1. The van der Waals surface area contributed by atoms with Crippen LogP contribution in [0.1, 0.15) is 136 Å². The fourth-order valence-electron chi connectivity index (χ4n) is 5.97. The maximum Gasteiger partial charge on any atom is 0.501 e. The van der Waals surface area contributed by atoms with Gasteiger partial charge < -0.3 is 42.2 Å². The highest BCUT2D eigenvalue weighted by atomic mass is 28.4. The molecule has 0 saturated heterocycles. The van der Waals surface area contributed by atoms with Crippen LogP contribution in [0.5, 0.6) is 0 Å². The second-order valence-corrected chi connectivity index (χ2v) is 16.3. The monoisotopic (exact) mass is 695 g/mol. The second-order valence-electron chi connectivity index (χ2n) is 13.6. The Kier molecular flexibility index (Phi) is 34.2. The van der Waals surface area contributed by atoms with E-state index in [0.717, 1.165) is 23.5 Å². The fraction of sp³-hybridized carbons (Fsp3) is 1.00. The molecule has 0 saturated carbocycles. The molecule has 2 N–H and O–H groups in total. The van der Waals surface area contributed by atoms with E-state index in [-0.39, 0.29) is 25.9 Å². The minimum absolute atomic E-state index is 0.0268. The van der Waals surface area contributed by atoms with Crippen LogP contribution >= 0.6 is 0 Å². The molecule has 0 aromatic heterocycles. The topological polar surface area (TPSA) is 95.8 Å². The summed E-state index contributed by atoms with van der Waals surface area (Å²) in [6.45, 7) is 12.0. The van der Waals surface area contributed by atoms with E-state index >= 15 is 0 Å². The number of hydrogen-bond acceptors (Lipinski definition) is 8. The Morgan fingerprint density at radius 1 is 0.532 bits per heavy atom. The molecule has 0 aliphatic rings. The second kappa shape index (κ2) is 34.3. The average Bonchev–Trinajstić information content (AvgIpc) is 3.04. The van der Waals surface area contributed by atoms with Gasteiger partial charge in [0.25, 0.3) is 0 Å². The molecule has 0 aliphatic carbocycles. The van der Waals surface area contributed by atoms with Crippen molar-refractivity contribution in [3.63, 3.8) is 0 Å². The molecule has 10 heteroatoms. The lowest BCUT2D eigenvalue weighted by atomic mass is 10.0. The van der Waals surface area contributed by atoms with E-state index in [1.807, 2.05) is 13.8 Å². The zero-order chi connectivity index (χ0) is 34.7. The zero-order valence-corrected chi connectivity index (χ0v) is 32.8. The van der Waals surface area contributed by atoms with Gasteiger partial charge in [-0.05, 0) is 33.1 Å². The van der Waals surface area contributed by atoms with Crippen molar-refractivity contribution in [1.29, 1.82) is 0 Å². The van der Waals surface area contributed by atoms with Crippen molar-refractivity contribution in [1.82, 2.24) is 0 Å². The molecule has 0 aromatic rings. The predicted octanol–water partition coefficient (Wildman–Crippen LogP) is 7.54. The number of quaternary nitrogens is 1. The molecule has 0 rings (SSSR count). The van der Waals surface area contributed by atoms with Gasteiger partial charge in [-0.3, -0.25) is 0 Å². The summed E-state index contributed by atoms with van der Waals surface area (Å²) in [5.74, 6) is 0. The molecule has 1 atom stereocenters. The third-order valence-corrected chi connectivity index (χ3v) is 11.8. The van der Waals surface area contributed by atoms with Gasteiger partial charge in [0.1, 0.15) is 0 Å². The van der Waals surface area contributed by atoms with Crippen LogP contribution in [0, 0.1) is 0 Å². The first kappa shape index (κ1) is 46.9. The summed E-state index contributed by atoms with van der Waals surface area (Å²) in [6, 6.07) is 0.815. The highest BCUT2D eigenvalue weighted by molar-refractivity contribution is 6.60. The summed E-state index contributed by atoms with van der Waals surface area (Å²) >= 11 is 0. The molecule has 0 amide bonds. The minimum Gasteiger partial charge on any atom is -0.396 e. The fourth-order valence-corrected chi connectivity index (χ4v) is 8.52. The molecule has 0 radical (unpaired) electrons. The lowest BCUT2D eigenvalue weighted by Gasteiger charge is -2.33. The molecule has 0 aromatic carbocycles. The molecule has 0 bridgehead atoms. The van der Waals surface area contributed by atoms with Gasteiger partial charge in [-0.15, -0.1) is 0 Å². The summed E-state index contributed by atoms with van der Waals surface area (Å²) < 4.78 is 36.4. The van der Waals surface area contributed by atoms with E-state index in [0.29, 0.717) is 52.7 Å². The summed E-state index contributed by atoms with van der Waals surface area (Å²) in [4.78, 5) is 0. The van der Waals surface area contributed by atoms with Gasteiger partial charge in [0.05, 0.1) is 79.5 Å². The average molecular weight is 695 g/mol. The molecule has 0 spiro atoms. The van der Waals surface area contributed by atoms with Crippen molar-refractivity contribution in [2.45, 2.75) is 148 Å². The van der Waals surface area contributed by atoms with Gasteiger partial charge >= 0.3 is 8.80 Å². The molecule has 0 heterocycles. The quantitative estimate of drug-likeness (QED) is 0.0387. The lowest BCUT2D eigenvalue weighted by Crippen LogP contribution is -2.48. The van der Waals surface area contributed by atoms with Gasteiger partial charge in [-0.2, -0.15) is 0 Å². The van der Waals surface area contributed by atoms with Crippen LogP contribution in [0.3, 0.4) is 0 Å². The van der Waals surface area contributed by atoms with E-state index in [1.165, 1.54) is 109 Å². The summed E-state index contributed by atoms with van der Waals surface area (Å²) in [5, 5.41) is 18.1. The van der Waals surface area contributed by atoms with Crippen LogP contribution in [0.4, 0.5) is 0 Å². The van der Waals surface area contributed by atoms with Crippen LogP contribution < -0.4 is 0 Å². The molecule has 0 aliphatic heterocycles. The van der Waals surface area contributed by atoms with Crippen LogP contribution in [0.15, 0.2) is 0 Å². The van der Waals surface area contributed by atoms with Gasteiger partial charge in [0.2, 0.25) is 0 Å². The van der Waals surface area contributed by atoms with Gasteiger partial charge in [-0.1, -0.05) is 96.8 Å². The Labute approximate surface area is 292 Å². The van der Waals surface area contributed by atoms with E-state index in [4.69, 9.17) is 32.6 Å². The number of ether oxygens (including phenoxy) is 3. The standard InChI is InChI=1S/C37H80NO8Si/c1-6-9-10-11-12-13-14-15-16-17-18-19-20-21-22-23-26-38(4,5)27-24-35-47(44-7-2,45-8-3)46-34-32-41-31-33-43-37(25-28-39)36-42-30-29-40/h37,39-40H,6-36H2,1-5H3/q+1. The molecule has 1 unspecified atom stereocenters. The van der Waals surface area contributed by atoms with Gasteiger partial charge in [0.15, 0.2) is 0 Å². The van der Waals surface area contributed by atoms with Crippen molar-refractivity contribution in [2.24, 2.45) is 0 Å². The van der Waals surface area contributed by atoms with E-state index in [9.17, 15) is 5.11 Å². The maximum absolute atomic E-state index is 9.21. The molecular formula is C37H80NO8Si+. The third kappa shape index (κ3) is 30.4. The van der Waals surface area contributed by atoms with E-state index in [2.05, 4.69) is 21.0 Å². The number of aliphatic hydroxyl groups is 2. The molecule has 284 valence electrons. The van der Waals surface area contributed by atoms with Crippen LogP contribution in [0.25, 0.3) is 0 Å². The number of rotatable bonds is 39. The Balaban J connectivity index is 4.09. The first-order valence-corrected chi connectivity index (χ1v) is 21.5. The minimum atomic E-state index is -2.77. The van der Waals surface area contributed by atoms with Crippen molar-refractivity contribution in [3.8, 4) is 0 Å². The van der Waals surface area contributed by atoms with Crippen LogP contribution in [-0.2, 0) is 27.5 Å². The van der Waals surface area contributed by atoms with E-state index < -0.39 is 8.80 Å². The molecule has 47 heavy (non-hydrogen) atoms. The highest BCUT2D eigenvalue weighted by Crippen LogP contribution is 2.20. The summed E-state index contributed by atoms with van der Waals surface area (Å²) in [6.07, 6.45) is 23.8.